The van der Waals surface area contributed by atoms with E-state index in [1.165, 1.54) is 31.2 Å². The topological polar surface area (TPSA) is 22.1 Å². The summed E-state index contributed by atoms with van der Waals surface area (Å²) in [6, 6.07) is 4.00. The summed E-state index contributed by atoms with van der Waals surface area (Å²) in [6.45, 7) is 14.5. The largest absolute Gasteiger partial charge is 0.377 e. The lowest BCUT2D eigenvalue weighted by atomic mass is 9.93. The summed E-state index contributed by atoms with van der Waals surface area (Å²) < 4.78 is 5.14. The number of hydrogen-bond acceptors (Lipinski definition) is 3. The standard InChI is InChI=1S/C7H9N.C7H16OS.C6H12/c1-6-4-3-5-8-7(6)2;1-6(2,8-5)7(3,4)9;1-2-3-6-4-5-6/h3-5H,1-2H3;9H,1-5H3;6H,2-5H2,1H3. The molecule has 23 heavy (non-hydrogen) atoms. The van der Waals surface area contributed by atoms with E-state index in [9.17, 15) is 0 Å². The van der Waals surface area contributed by atoms with E-state index in [4.69, 9.17) is 4.74 Å². The molecule has 0 unspecified atom stereocenters. The maximum Gasteiger partial charge on any atom is 0.0760 e. The Morgan fingerprint density at radius 2 is 1.78 bits per heavy atom. The van der Waals surface area contributed by atoms with Gasteiger partial charge in [0.15, 0.2) is 0 Å². The molecule has 134 valence electrons. The molecule has 1 aliphatic carbocycles. The van der Waals surface area contributed by atoms with Crippen LogP contribution in [0.3, 0.4) is 0 Å². The number of nitrogens with zero attached hydrogens (tertiary/aromatic N) is 1. The Bertz CT molecular complexity index is 413. The van der Waals surface area contributed by atoms with Crippen LogP contribution in [0, 0.1) is 19.8 Å². The molecule has 2 nitrogen and oxygen atoms in total. The zero-order valence-corrected chi connectivity index (χ0v) is 17.3. The SMILES string of the molecule is CCCC1CC1.COC(C)(C)C(C)(C)S.Cc1cccnc1C. The fourth-order valence-electron chi connectivity index (χ4n) is 1.63. The van der Waals surface area contributed by atoms with Crippen LogP contribution in [0.25, 0.3) is 0 Å². The maximum atomic E-state index is 5.23. The van der Waals surface area contributed by atoms with Gasteiger partial charge < -0.3 is 4.74 Å². The lowest BCUT2D eigenvalue weighted by Gasteiger charge is -2.36. The van der Waals surface area contributed by atoms with Crippen molar-refractivity contribution in [3.8, 4) is 0 Å². The van der Waals surface area contributed by atoms with Crippen molar-refractivity contribution in [2.75, 3.05) is 7.11 Å². The lowest BCUT2D eigenvalue weighted by molar-refractivity contribution is -0.00128. The van der Waals surface area contributed by atoms with E-state index < -0.39 is 0 Å². The summed E-state index contributed by atoms with van der Waals surface area (Å²) in [7, 11) is 1.71. The minimum absolute atomic E-state index is 0.0816. The van der Waals surface area contributed by atoms with Crippen molar-refractivity contribution in [2.24, 2.45) is 5.92 Å². The van der Waals surface area contributed by atoms with Crippen molar-refractivity contribution in [1.82, 2.24) is 4.98 Å². The summed E-state index contributed by atoms with van der Waals surface area (Å²) in [5.41, 5.74) is 2.22. The van der Waals surface area contributed by atoms with Crippen LogP contribution in [0.2, 0.25) is 0 Å². The molecule has 3 heteroatoms. The fourth-order valence-corrected chi connectivity index (χ4v) is 1.72. The summed E-state index contributed by atoms with van der Waals surface area (Å²) in [6.07, 6.45) is 7.73. The van der Waals surface area contributed by atoms with E-state index in [1.54, 1.807) is 7.11 Å². The van der Waals surface area contributed by atoms with Gasteiger partial charge in [0, 0.05) is 23.7 Å². The highest BCUT2D eigenvalue weighted by Gasteiger charge is 2.33. The third kappa shape index (κ3) is 10.0. The van der Waals surface area contributed by atoms with E-state index in [2.05, 4.69) is 37.5 Å². The van der Waals surface area contributed by atoms with Crippen LogP contribution in [0.4, 0.5) is 0 Å². The summed E-state index contributed by atoms with van der Waals surface area (Å²) in [5.74, 6) is 1.15. The van der Waals surface area contributed by atoms with Gasteiger partial charge in [0.2, 0.25) is 0 Å². The number of aryl methyl sites for hydroxylation is 2. The van der Waals surface area contributed by atoms with Gasteiger partial charge in [-0.3, -0.25) is 4.98 Å². The molecule has 0 radical (unpaired) electrons. The first-order valence-corrected chi connectivity index (χ1v) is 9.15. The lowest BCUT2D eigenvalue weighted by Crippen LogP contribution is -2.42. The quantitative estimate of drug-likeness (QED) is 0.678. The van der Waals surface area contributed by atoms with Crippen LogP contribution in [0.5, 0.6) is 0 Å². The number of pyridine rings is 1. The van der Waals surface area contributed by atoms with Gasteiger partial charge in [-0.2, -0.15) is 12.6 Å². The maximum absolute atomic E-state index is 5.23. The number of rotatable bonds is 4. The average molecular weight is 340 g/mol. The Hall–Kier alpha value is -0.540. The molecule has 0 spiro atoms. The van der Waals surface area contributed by atoms with E-state index in [1.807, 2.05) is 46.9 Å². The van der Waals surface area contributed by atoms with Gasteiger partial charge in [-0.25, -0.2) is 0 Å². The Morgan fingerprint density at radius 1 is 1.22 bits per heavy atom. The molecule has 1 aliphatic rings. The normalized spacial score (nSPS) is 14.3. The molecular weight excluding hydrogens is 302 g/mol. The van der Waals surface area contributed by atoms with Crippen molar-refractivity contribution in [3.05, 3.63) is 29.6 Å². The van der Waals surface area contributed by atoms with Gasteiger partial charge in [-0.05, 0) is 59.1 Å². The monoisotopic (exact) mass is 339 g/mol. The van der Waals surface area contributed by atoms with Gasteiger partial charge in [-0.15, -0.1) is 0 Å². The Labute approximate surface area is 149 Å². The van der Waals surface area contributed by atoms with Crippen molar-refractivity contribution >= 4 is 12.6 Å². The van der Waals surface area contributed by atoms with Crippen LogP contribution >= 0.6 is 12.6 Å². The molecule has 1 aromatic heterocycles. The van der Waals surface area contributed by atoms with E-state index in [-0.39, 0.29) is 10.3 Å². The van der Waals surface area contributed by atoms with Gasteiger partial charge in [0.25, 0.3) is 0 Å². The van der Waals surface area contributed by atoms with Gasteiger partial charge in [0.1, 0.15) is 0 Å². The highest BCUT2D eigenvalue weighted by molar-refractivity contribution is 7.81. The minimum Gasteiger partial charge on any atom is -0.377 e. The molecule has 1 saturated carbocycles. The van der Waals surface area contributed by atoms with Gasteiger partial charge in [-0.1, -0.05) is 38.7 Å². The molecular formula is C20H37NOS. The first-order chi connectivity index (χ1) is 10.5. The third-order valence-electron chi connectivity index (χ3n) is 4.65. The number of methoxy groups -OCH3 is 1. The predicted octanol–water partition coefficient (Wildman–Crippen LogP) is 6.01. The molecule has 1 aromatic rings. The van der Waals surface area contributed by atoms with Crippen molar-refractivity contribution in [1.29, 1.82) is 0 Å². The molecule has 0 amide bonds. The van der Waals surface area contributed by atoms with Crippen molar-refractivity contribution in [3.63, 3.8) is 0 Å². The fraction of sp³-hybridized carbons (Fsp3) is 0.750. The van der Waals surface area contributed by atoms with Crippen LogP contribution in [-0.4, -0.2) is 22.4 Å². The second-order valence-electron chi connectivity index (χ2n) is 7.41. The van der Waals surface area contributed by atoms with Crippen LogP contribution in [0.1, 0.15) is 71.6 Å². The molecule has 0 bridgehead atoms. The van der Waals surface area contributed by atoms with E-state index >= 15 is 0 Å². The van der Waals surface area contributed by atoms with Crippen LogP contribution in [0.15, 0.2) is 18.3 Å². The first-order valence-electron chi connectivity index (χ1n) is 8.70. The number of thiol groups is 1. The summed E-state index contributed by atoms with van der Waals surface area (Å²) >= 11 is 4.39. The Kier molecular flexibility index (Phi) is 10.1. The highest BCUT2D eigenvalue weighted by Crippen LogP contribution is 2.33. The van der Waals surface area contributed by atoms with E-state index in [0.29, 0.717) is 0 Å². The minimum atomic E-state index is -0.157. The Morgan fingerprint density at radius 3 is 1.96 bits per heavy atom. The number of aromatic nitrogens is 1. The average Bonchev–Trinajstić information content (AvgIpc) is 3.27. The van der Waals surface area contributed by atoms with Crippen molar-refractivity contribution < 1.29 is 4.74 Å². The zero-order chi connectivity index (χ0) is 18.1. The molecule has 1 fully saturated rings. The molecule has 1 heterocycles. The highest BCUT2D eigenvalue weighted by atomic mass is 32.1. The van der Waals surface area contributed by atoms with Gasteiger partial charge >= 0.3 is 0 Å². The molecule has 0 aliphatic heterocycles. The second-order valence-corrected chi connectivity index (χ2v) is 8.53. The van der Waals surface area contributed by atoms with Crippen LogP contribution < -0.4 is 0 Å². The smallest absolute Gasteiger partial charge is 0.0760 e. The number of hydrogen-bond donors (Lipinski definition) is 1. The summed E-state index contributed by atoms with van der Waals surface area (Å²) in [4.78, 5) is 4.08. The molecule has 0 N–H and O–H groups in total. The predicted molar refractivity (Wildman–Crippen MR) is 105 cm³/mol. The van der Waals surface area contributed by atoms with E-state index in [0.717, 1.165) is 11.6 Å². The number of ether oxygens (including phenoxy) is 1. The molecule has 0 saturated heterocycles. The molecule has 2 rings (SSSR count). The molecule has 0 aromatic carbocycles. The van der Waals surface area contributed by atoms with Gasteiger partial charge in [0.05, 0.1) is 5.60 Å². The summed E-state index contributed by atoms with van der Waals surface area (Å²) in [5, 5.41) is 0. The first kappa shape index (κ1) is 22.5. The third-order valence-corrected chi connectivity index (χ3v) is 5.19. The Balaban J connectivity index is 0.000000321. The molecule has 0 atom stereocenters. The van der Waals surface area contributed by atoms with Crippen molar-refractivity contribution in [2.45, 2.75) is 84.5 Å². The second kappa shape index (κ2) is 10.4. The van der Waals surface area contributed by atoms with Crippen LogP contribution in [-0.2, 0) is 4.74 Å². The zero-order valence-electron chi connectivity index (χ0n) is 16.4.